The van der Waals surface area contributed by atoms with E-state index in [0.717, 1.165) is 17.0 Å². The van der Waals surface area contributed by atoms with Crippen molar-refractivity contribution >= 4 is 148 Å². The fourth-order valence-electron chi connectivity index (χ4n) is 20.2. The average Bonchev–Trinajstić information content (AvgIpc) is 0.720. The van der Waals surface area contributed by atoms with Crippen molar-refractivity contribution in [3.63, 3.8) is 0 Å². The smallest absolute Gasteiger partial charge is 0.201 e. The fraction of sp³-hybridized carbons (Fsp3) is 0.306. The first-order valence-corrected chi connectivity index (χ1v) is 63.8. The number of pyridine rings is 4. The summed E-state index contributed by atoms with van der Waals surface area (Å²) < 4.78 is 55.7. The van der Waals surface area contributed by atoms with Gasteiger partial charge in [0.25, 0.3) is 0 Å². The molecule has 8 aromatic carbocycles. The maximum atomic E-state index is 7.91. The van der Waals surface area contributed by atoms with Crippen LogP contribution >= 0.6 is 0 Å². The van der Waals surface area contributed by atoms with E-state index in [1.165, 1.54) is 77.8 Å². The third-order valence-electron chi connectivity index (χ3n) is 26.6. The largest absolute Gasteiger partial charge is 0.212 e. The minimum absolute atomic E-state index is 0.382. The molecule has 0 aliphatic carbocycles. The molecule has 0 radical (unpaired) electrons. The van der Waals surface area contributed by atoms with E-state index >= 15 is 0 Å². The van der Waals surface area contributed by atoms with E-state index < -0.39 is 78.3 Å². The Morgan fingerprint density at radius 2 is 0.445 bits per heavy atom. The van der Waals surface area contributed by atoms with Gasteiger partial charge in [0.15, 0.2) is 24.8 Å². The molecule has 0 saturated heterocycles. The van der Waals surface area contributed by atoms with Crippen LogP contribution in [-0.2, 0) is 28.2 Å². The quantitative estimate of drug-likeness (QED) is 0.123. The van der Waals surface area contributed by atoms with E-state index in [1.54, 1.807) is 90.1 Å². The van der Waals surface area contributed by atoms with Crippen LogP contribution in [-0.4, -0.2) is 64.6 Å². The van der Waals surface area contributed by atoms with Gasteiger partial charge in [0.1, 0.15) is 92.8 Å². The predicted molar refractivity (Wildman–Crippen MR) is 499 cm³/mol. The van der Waals surface area contributed by atoms with Crippen molar-refractivity contribution < 1.29 is 26.5 Å². The van der Waals surface area contributed by atoms with Gasteiger partial charge in [-0.3, -0.25) is 0 Å². The molecule has 4 aromatic heterocycles. The van der Waals surface area contributed by atoms with Gasteiger partial charge < -0.3 is 0 Å². The summed E-state index contributed by atoms with van der Waals surface area (Å²) in [6, 6.07) is 68.6. The van der Waals surface area contributed by atoms with Crippen LogP contribution in [0, 0.1) is 69.1 Å². The molecular formula is C98H124N4Si8+4. The number of benzene rings is 8. The number of hydrogen-bond donors (Lipinski definition) is 0. The van der Waals surface area contributed by atoms with Crippen molar-refractivity contribution in [2.45, 2.75) is 174 Å². The second-order valence-corrected chi connectivity index (χ2v) is 71.5. The molecule has 0 unspecified atom stereocenters. The zero-order valence-corrected chi connectivity index (χ0v) is 79.4. The predicted octanol–water partition coefficient (Wildman–Crippen LogP) is 11.6. The standard InChI is InChI=1S/2C25H32NSi2.2C24H30NSi2/c2*1-17-13-14-23-25(24(17)20-15-18(2)19(3)16-26(20)4)28(7,8)22-12-10-9-11-21(22)27(23,5)6;2*1-17-12-14-19(25(3)16-17)23-18(2)13-15-22-24(23)27(6,7)21-11-9-8-10-20(21)26(22,4)5/h2*9-16H,1-8H3;2*8-16H,1-7H3/q4*+1/i3D3;;1D3;. The Morgan fingerprint density at radius 1 is 0.209 bits per heavy atom. The summed E-state index contributed by atoms with van der Waals surface area (Å²) in [6.07, 6.45) is 8.12. The summed E-state index contributed by atoms with van der Waals surface area (Å²) in [5.41, 5.74) is 21.5. The van der Waals surface area contributed by atoms with Gasteiger partial charge in [-0.15, -0.1) is 0 Å². The second kappa shape index (κ2) is 28.6. The van der Waals surface area contributed by atoms with Crippen LogP contribution in [0.1, 0.15) is 63.9 Å². The summed E-state index contributed by atoms with van der Waals surface area (Å²) in [7, 11) is -6.27. The number of nitrogens with zero attached hydrogens (tertiary/aromatic N) is 4. The van der Waals surface area contributed by atoms with Gasteiger partial charge in [-0.2, -0.15) is 0 Å². The molecule has 0 amide bonds. The molecule has 4 nitrogen and oxygen atoms in total. The molecule has 564 valence electrons. The summed E-state index contributed by atoms with van der Waals surface area (Å²) >= 11 is 0. The lowest BCUT2D eigenvalue weighted by Gasteiger charge is -2.43. The molecule has 0 spiro atoms. The van der Waals surface area contributed by atoms with E-state index in [2.05, 4.69) is 359 Å². The third kappa shape index (κ3) is 13.1. The number of hydrogen-bond acceptors (Lipinski definition) is 0. The Hall–Kier alpha value is -7.90. The number of rotatable bonds is 4. The van der Waals surface area contributed by atoms with Crippen molar-refractivity contribution in [1.82, 2.24) is 0 Å². The van der Waals surface area contributed by atoms with Gasteiger partial charge in [-0.25, -0.2) is 18.3 Å². The van der Waals surface area contributed by atoms with Crippen molar-refractivity contribution in [3.8, 4) is 45.0 Å². The fourth-order valence-corrected chi connectivity index (χ4v) is 59.5. The van der Waals surface area contributed by atoms with Crippen molar-refractivity contribution in [3.05, 3.63) is 262 Å². The first-order valence-electron chi connectivity index (χ1n) is 42.8. The van der Waals surface area contributed by atoms with Gasteiger partial charge >= 0.3 is 0 Å². The van der Waals surface area contributed by atoms with E-state index in [1.807, 2.05) is 42.4 Å². The molecule has 0 N–H and O–H groups in total. The van der Waals surface area contributed by atoms with Crippen molar-refractivity contribution in [1.29, 1.82) is 0 Å². The summed E-state index contributed by atoms with van der Waals surface area (Å²) in [5, 5.41) is 25.7. The van der Waals surface area contributed by atoms with Crippen LogP contribution in [0.2, 0.25) is 105 Å². The number of aromatic nitrogens is 4. The highest BCUT2D eigenvalue weighted by Crippen LogP contribution is 2.32. The van der Waals surface area contributed by atoms with Crippen molar-refractivity contribution in [2.24, 2.45) is 28.2 Å². The Bertz CT molecular complexity index is 6000. The average molecular weight is 1590 g/mol. The van der Waals surface area contributed by atoms with Crippen molar-refractivity contribution in [2.75, 3.05) is 0 Å². The van der Waals surface area contributed by atoms with Crippen LogP contribution in [0.5, 0.6) is 0 Å². The van der Waals surface area contributed by atoms with Gasteiger partial charge in [0, 0.05) is 77.0 Å². The molecule has 110 heavy (non-hydrogen) atoms. The minimum Gasteiger partial charge on any atom is -0.201 e. The van der Waals surface area contributed by atoms with Gasteiger partial charge in [-0.1, -0.05) is 313 Å². The third-order valence-corrected chi connectivity index (χ3v) is 57.0. The number of aryl methyl sites for hydroxylation is 14. The molecule has 8 heterocycles. The normalized spacial score (nSPS) is 17.5. The summed E-state index contributed by atoms with van der Waals surface area (Å²) in [6.45, 7) is 53.4. The van der Waals surface area contributed by atoms with Gasteiger partial charge in [0.2, 0.25) is 22.8 Å². The molecule has 4 aliphatic heterocycles. The summed E-state index contributed by atoms with van der Waals surface area (Å²) in [5.74, 6) is 0. The summed E-state index contributed by atoms with van der Waals surface area (Å²) in [4.78, 5) is 0. The maximum absolute atomic E-state index is 7.91. The molecule has 16 rings (SSSR count). The highest BCUT2D eigenvalue weighted by atomic mass is 28.3. The molecule has 0 fully saturated rings. The Balaban J connectivity index is 0.000000135. The molecule has 0 saturated carbocycles. The minimum atomic E-state index is -2.10. The lowest BCUT2D eigenvalue weighted by Crippen LogP contribution is -2.78. The van der Waals surface area contributed by atoms with Crippen LogP contribution in [0.25, 0.3) is 45.0 Å². The highest BCUT2D eigenvalue weighted by Gasteiger charge is 2.51. The van der Waals surface area contributed by atoms with Crippen LogP contribution in [0.4, 0.5) is 0 Å². The topological polar surface area (TPSA) is 15.5 Å². The van der Waals surface area contributed by atoms with Crippen LogP contribution in [0.15, 0.2) is 207 Å². The zero-order chi connectivity index (χ0) is 85.0. The maximum Gasteiger partial charge on any atom is 0.212 e. The molecule has 0 bridgehead atoms. The highest BCUT2D eigenvalue weighted by molar-refractivity contribution is 7.19. The zero-order valence-electron chi connectivity index (χ0n) is 77.4. The molecule has 4 aliphatic rings. The Labute approximate surface area is 678 Å². The van der Waals surface area contributed by atoms with E-state index in [9.17, 15) is 0 Å². The molecule has 12 heteroatoms. The van der Waals surface area contributed by atoms with E-state index in [4.69, 9.17) is 8.22 Å². The van der Waals surface area contributed by atoms with E-state index in [0.29, 0.717) is 11.1 Å². The van der Waals surface area contributed by atoms with E-state index in [-0.39, 0.29) is 0 Å². The monoisotopic (exact) mass is 1590 g/mol. The second-order valence-electron chi connectivity index (χ2n) is 37.0. The van der Waals surface area contributed by atoms with Gasteiger partial charge in [0.05, 0.1) is 0 Å². The molecular weight excluding hydrogens is 1460 g/mol. The van der Waals surface area contributed by atoms with Crippen LogP contribution < -0.4 is 101 Å². The number of fused-ring (bicyclic) bond motifs is 8. The Morgan fingerprint density at radius 3 is 0.718 bits per heavy atom. The SMILES string of the molecule is Cc1cc(-c2c(C)ccc3c2[Si](C)(C)c2ccccc2[Si]3(C)C)[n+](C)cc1C.Cc1ccc(-c2c(C)ccc3c2[Si](C)(C)c2ccccc2[Si]3(C)C)[n+](C)c1.[2H]C([2H])([2H])c1c[n+](C)c(-c2c(C)ccc3c2[Si](C)(C)c2ccccc2[Si]3(C)C)cc1C.[2H]C([2H])([2H])c1ccc(-c2c(C)ccc3c2[Si](C)(C)c2ccccc2[Si]3(C)C)[n+](C)c1. The first-order chi connectivity index (χ1) is 53.9. The Kier molecular flexibility index (Phi) is 18.8. The van der Waals surface area contributed by atoms with Gasteiger partial charge in [-0.05, 0) is 135 Å². The molecule has 0 atom stereocenters. The molecule has 12 aromatic rings. The lowest BCUT2D eigenvalue weighted by atomic mass is 10.0. The lowest BCUT2D eigenvalue weighted by molar-refractivity contribution is -0.660. The first kappa shape index (κ1) is 72.3. The van der Waals surface area contributed by atoms with Crippen LogP contribution in [0.3, 0.4) is 0 Å².